The molecular formula is C23H41N5O6Si2. The summed E-state index contributed by atoms with van der Waals surface area (Å²) in [4.78, 5) is 12.8. The summed E-state index contributed by atoms with van der Waals surface area (Å²) in [5.74, 6) is 0.307. The minimum absolute atomic E-state index is 0.0447. The number of aliphatic hydroxyl groups is 1. The molecule has 0 spiro atoms. The molecule has 4 heterocycles. The van der Waals surface area contributed by atoms with E-state index >= 15 is 0 Å². The van der Waals surface area contributed by atoms with Crippen molar-refractivity contribution >= 4 is 34.2 Å². The van der Waals surface area contributed by atoms with Crippen LogP contribution in [0, 0.1) is 0 Å². The van der Waals surface area contributed by atoms with Gasteiger partial charge in [-0.2, -0.15) is 9.97 Å². The average molecular weight is 540 g/mol. The van der Waals surface area contributed by atoms with E-state index in [0.717, 1.165) is 0 Å². The van der Waals surface area contributed by atoms with Crippen molar-refractivity contribution in [1.29, 1.82) is 0 Å². The van der Waals surface area contributed by atoms with Crippen molar-refractivity contribution < 1.29 is 27.5 Å². The summed E-state index contributed by atoms with van der Waals surface area (Å²) in [7, 11) is -4.11. The summed E-state index contributed by atoms with van der Waals surface area (Å²) in [5.41, 5.74) is 7.48. The lowest BCUT2D eigenvalue weighted by molar-refractivity contribution is -0.0570. The normalized spacial score (nSPS) is 28.2. The zero-order chi connectivity index (χ0) is 26.6. The van der Waals surface area contributed by atoms with Gasteiger partial charge in [-0.25, -0.2) is 4.98 Å². The molecule has 2 aliphatic heterocycles. The van der Waals surface area contributed by atoms with E-state index in [2.05, 4.69) is 70.3 Å². The second kappa shape index (κ2) is 9.93. The number of aromatic nitrogens is 4. The molecule has 202 valence electrons. The number of aliphatic hydroxyl groups excluding tert-OH is 1. The number of imidazole rings is 1. The fraction of sp³-hybridized carbons (Fsp3) is 0.783. The van der Waals surface area contributed by atoms with E-state index in [1.807, 2.05) is 0 Å². The predicted octanol–water partition coefficient (Wildman–Crippen LogP) is 3.63. The first-order valence-electron chi connectivity index (χ1n) is 12.8. The Morgan fingerprint density at radius 1 is 1.03 bits per heavy atom. The third kappa shape index (κ3) is 4.27. The molecule has 0 saturated carbocycles. The Labute approximate surface area is 215 Å². The van der Waals surface area contributed by atoms with Crippen LogP contribution in [0.3, 0.4) is 0 Å². The van der Waals surface area contributed by atoms with Crippen LogP contribution in [0.4, 0.5) is 5.95 Å². The molecule has 0 aromatic carbocycles. The number of fused-ring (bicyclic) bond motifs is 2. The largest absolute Gasteiger partial charge is 0.479 e. The van der Waals surface area contributed by atoms with Crippen LogP contribution < -0.4 is 10.5 Å². The molecule has 11 nitrogen and oxygen atoms in total. The lowest BCUT2D eigenvalue weighted by Crippen LogP contribution is -2.65. The van der Waals surface area contributed by atoms with Gasteiger partial charge in [-0.3, -0.25) is 4.57 Å². The Morgan fingerprint density at radius 3 is 2.19 bits per heavy atom. The zero-order valence-electron chi connectivity index (χ0n) is 22.8. The fourth-order valence-electron chi connectivity index (χ4n) is 5.60. The second-order valence-corrected chi connectivity index (χ2v) is 19.9. The van der Waals surface area contributed by atoms with Gasteiger partial charge >= 0.3 is 17.1 Å². The van der Waals surface area contributed by atoms with E-state index in [4.69, 9.17) is 28.2 Å². The highest BCUT2D eigenvalue weighted by atomic mass is 28.5. The Kier molecular flexibility index (Phi) is 7.56. The number of nitrogen functional groups attached to an aromatic ring is 1. The highest BCUT2D eigenvalue weighted by Gasteiger charge is 2.61. The van der Waals surface area contributed by atoms with Gasteiger partial charge in [0.25, 0.3) is 0 Å². The number of rotatable bonds is 6. The van der Waals surface area contributed by atoms with Crippen LogP contribution in [-0.4, -0.2) is 73.8 Å². The van der Waals surface area contributed by atoms with Crippen molar-refractivity contribution in [2.24, 2.45) is 0 Å². The quantitative estimate of drug-likeness (QED) is 0.524. The van der Waals surface area contributed by atoms with Crippen LogP contribution in [0.5, 0.6) is 5.88 Å². The van der Waals surface area contributed by atoms with Gasteiger partial charge in [-0.05, 0) is 22.2 Å². The molecule has 0 unspecified atom stereocenters. The van der Waals surface area contributed by atoms with E-state index in [-0.39, 0.29) is 40.6 Å². The van der Waals surface area contributed by atoms with Gasteiger partial charge in [0.2, 0.25) is 11.8 Å². The van der Waals surface area contributed by atoms with E-state index < -0.39 is 41.7 Å². The third-order valence-electron chi connectivity index (χ3n) is 7.52. The first-order valence-corrected chi connectivity index (χ1v) is 16.7. The lowest BCUT2D eigenvalue weighted by atomic mass is 10.1. The highest BCUT2D eigenvalue weighted by molar-refractivity contribution is 6.84. The number of nitrogens with two attached hydrogens (primary N) is 1. The number of nitrogens with zero attached hydrogens (tertiary/aromatic N) is 4. The van der Waals surface area contributed by atoms with Gasteiger partial charge in [0.15, 0.2) is 17.4 Å². The van der Waals surface area contributed by atoms with E-state index in [1.165, 1.54) is 7.11 Å². The third-order valence-corrected chi connectivity index (χ3v) is 17.8. The van der Waals surface area contributed by atoms with Crippen LogP contribution in [0.25, 0.3) is 11.2 Å². The van der Waals surface area contributed by atoms with Crippen LogP contribution in [0.15, 0.2) is 6.33 Å². The Bertz CT molecular complexity index is 1060. The van der Waals surface area contributed by atoms with Gasteiger partial charge < -0.3 is 33.3 Å². The van der Waals surface area contributed by atoms with Crippen LogP contribution in [-0.2, 0) is 17.7 Å². The Balaban J connectivity index is 1.78. The van der Waals surface area contributed by atoms with Crippen LogP contribution in [0.1, 0.15) is 61.6 Å². The van der Waals surface area contributed by atoms with Gasteiger partial charge in [-0.1, -0.05) is 55.4 Å². The molecule has 2 aromatic rings. The van der Waals surface area contributed by atoms with Crippen molar-refractivity contribution in [3.05, 3.63) is 6.33 Å². The molecule has 2 saturated heterocycles. The molecule has 2 aliphatic rings. The van der Waals surface area contributed by atoms with E-state index in [1.54, 1.807) is 10.9 Å². The van der Waals surface area contributed by atoms with Crippen LogP contribution >= 0.6 is 0 Å². The van der Waals surface area contributed by atoms with Crippen molar-refractivity contribution in [3.8, 4) is 5.88 Å². The minimum Gasteiger partial charge on any atom is -0.479 e. The van der Waals surface area contributed by atoms with Gasteiger partial charge in [0, 0.05) is 0 Å². The molecule has 4 rings (SSSR count). The van der Waals surface area contributed by atoms with Crippen molar-refractivity contribution in [1.82, 2.24) is 19.5 Å². The lowest BCUT2D eigenvalue weighted by Gasteiger charge is -2.51. The molecule has 0 bridgehead atoms. The van der Waals surface area contributed by atoms with Crippen molar-refractivity contribution in [3.63, 3.8) is 0 Å². The monoisotopic (exact) mass is 539 g/mol. The number of anilines is 1. The van der Waals surface area contributed by atoms with E-state index in [9.17, 15) is 5.11 Å². The molecular weight excluding hydrogens is 498 g/mol. The molecule has 2 fully saturated rings. The van der Waals surface area contributed by atoms with E-state index in [0.29, 0.717) is 11.2 Å². The fourth-order valence-corrected chi connectivity index (χ4v) is 16.8. The molecule has 0 aliphatic carbocycles. The summed E-state index contributed by atoms with van der Waals surface area (Å²) in [6, 6.07) is 0. The predicted molar refractivity (Wildman–Crippen MR) is 140 cm³/mol. The second-order valence-electron chi connectivity index (χ2n) is 11.0. The molecule has 4 atom stereocenters. The van der Waals surface area contributed by atoms with Crippen LogP contribution in [0.2, 0.25) is 22.2 Å². The molecule has 2 aromatic heterocycles. The zero-order valence-corrected chi connectivity index (χ0v) is 24.8. The maximum atomic E-state index is 11.6. The van der Waals surface area contributed by atoms with Crippen molar-refractivity contribution in [2.75, 3.05) is 19.5 Å². The highest BCUT2D eigenvalue weighted by Crippen LogP contribution is 2.48. The summed E-state index contributed by atoms with van der Waals surface area (Å²) in [6.45, 7) is 17.6. The van der Waals surface area contributed by atoms with Gasteiger partial charge in [0.1, 0.15) is 18.3 Å². The Hall–Kier alpha value is -1.62. The number of ether oxygens (including phenoxy) is 2. The molecule has 0 amide bonds. The smallest absolute Gasteiger partial charge is 0.335 e. The Morgan fingerprint density at radius 2 is 1.64 bits per heavy atom. The average Bonchev–Trinajstić information content (AvgIpc) is 3.33. The molecule has 36 heavy (non-hydrogen) atoms. The summed E-state index contributed by atoms with van der Waals surface area (Å²) < 4.78 is 34.4. The van der Waals surface area contributed by atoms with Crippen molar-refractivity contribution in [2.45, 2.75) is 102 Å². The number of hydrogen-bond acceptors (Lipinski definition) is 10. The maximum absolute atomic E-state index is 11.6. The number of methoxy groups -OCH3 is 1. The SMILES string of the molecule is COc1nc(N)nc2c1ncn2[C@@H]1O[C@@H]2CO[Si](C(C)C)(C(C)C)O[Si](C(C)C)(C(C)C)O[C@H]2[C@H]1O. The standard InChI is InChI=1S/C23H41N5O6Si2/c1-12(2)35(13(3)4)31-10-16-19(33-36(34-35,14(5)6)15(7)8)18(29)22(32-16)28-11-25-17-20(28)26-23(24)27-21(17)30-9/h11-16,18-19,22,29H,10H2,1-9H3,(H2,24,26,27)/t16-,18-,19-,22-/m1/s1. The first-order chi connectivity index (χ1) is 16.9. The summed E-state index contributed by atoms with van der Waals surface area (Å²) >= 11 is 0. The summed E-state index contributed by atoms with van der Waals surface area (Å²) in [5, 5.41) is 11.6. The summed E-state index contributed by atoms with van der Waals surface area (Å²) in [6.07, 6.45) is -1.36. The maximum Gasteiger partial charge on any atom is 0.335 e. The molecule has 0 radical (unpaired) electrons. The molecule has 3 N–H and O–H groups in total. The minimum atomic E-state index is -2.89. The van der Waals surface area contributed by atoms with Gasteiger partial charge in [-0.15, -0.1) is 0 Å². The molecule has 13 heteroatoms. The number of hydrogen-bond donors (Lipinski definition) is 2. The first kappa shape index (κ1) is 27.4. The van der Waals surface area contributed by atoms with Gasteiger partial charge in [0.05, 0.1) is 20.0 Å². The topological polar surface area (TPSA) is 136 Å².